The van der Waals surface area contributed by atoms with Crippen LogP contribution in [0.2, 0.25) is 0 Å². The zero-order chi connectivity index (χ0) is 13.3. The number of rotatable bonds is 3. The predicted molar refractivity (Wildman–Crippen MR) is 87.2 cm³/mol. The minimum Gasteiger partial charge on any atom is -0.312 e. The van der Waals surface area contributed by atoms with Crippen LogP contribution < -0.4 is 5.32 Å². The van der Waals surface area contributed by atoms with Crippen LogP contribution >= 0.6 is 43.2 Å². The molecule has 0 radical (unpaired) electrons. The Morgan fingerprint density at radius 3 is 2.50 bits per heavy atom. The highest BCUT2D eigenvalue weighted by atomic mass is 79.9. The maximum atomic E-state index is 3.60. The third-order valence-corrected chi connectivity index (χ3v) is 7.73. The van der Waals surface area contributed by atoms with Gasteiger partial charge in [-0.05, 0) is 75.6 Å². The van der Waals surface area contributed by atoms with Crippen molar-refractivity contribution in [3.05, 3.63) is 19.2 Å². The van der Waals surface area contributed by atoms with Gasteiger partial charge < -0.3 is 5.32 Å². The Bertz CT molecular complexity index is 385. The Labute approximate surface area is 131 Å². The maximum Gasteiger partial charge on any atom is 0.0843 e. The summed E-state index contributed by atoms with van der Waals surface area (Å²) in [6.45, 7) is 4.80. The molecule has 0 aromatic carbocycles. The monoisotopic (exact) mass is 393 g/mol. The van der Waals surface area contributed by atoms with Crippen LogP contribution in [0.5, 0.6) is 0 Å². The van der Waals surface area contributed by atoms with E-state index in [1.807, 2.05) is 11.3 Å². The van der Waals surface area contributed by atoms with Crippen molar-refractivity contribution in [2.45, 2.75) is 39.2 Å². The van der Waals surface area contributed by atoms with E-state index < -0.39 is 0 Å². The molecule has 1 aromatic heterocycles. The molecule has 4 unspecified atom stereocenters. The molecular weight excluding hydrogens is 374 g/mol. The molecule has 1 N–H and O–H groups in total. The van der Waals surface area contributed by atoms with Crippen LogP contribution in [0.15, 0.2) is 14.3 Å². The first-order valence-corrected chi connectivity index (χ1v) is 9.05. The molecular formula is C14H21Br2NS. The van der Waals surface area contributed by atoms with E-state index in [9.17, 15) is 0 Å². The van der Waals surface area contributed by atoms with Gasteiger partial charge in [-0.2, -0.15) is 0 Å². The van der Waals surface area contributed by atoms with E-state index in [4.69, 9.17) is 0 Å². The third-order valence-electron chi connectivity index (χ3n) is 4.39. The van der Waals surface area contributed by atoms with Gasteiger partial charge in [-0.15, -0.1) is 11.3 Å². The van der Waals surface area contributed by atoms with Gasteiger partial charge in [-0.25, -0.2) is 0 Å². The standard InChI is InChI=1S/C14H21Br2NS/c1-8-4-5-10(6-9(8)2)13(17-3)12-7-11(15)14(16)18-12/h7-10,13,17H,4-6H2,1-3H3. The summed E-state index contributed by atoms with van der Waals surface area (Å²) in [7, 11) is 2.09. The highest BCUT2D eigenvalue weighted by molar-refractivity contribution is 9.13. The van der Waals surface area contributed by atoms with Gasteiger partial charge in [0, 0.05) is 15.4 Å². The van der Waals surface area contributed by atoms with E-state index in [1.54, 1.807) is 0 Å². The molecule has 1 heterocycles. The fourth-order valence-corrected chi connectivity index (χ4v) is 5.31. The van der Waals surface area contributed by atoms with Gasteiger partial charge in [-0.1, -0.05) is 20.3 Å². The largest absolute Gasteiger partial charge is 0.312 e. The zero-order valence-electron chi connectivity index (χ0n) is 11.2. The zero-order valence-corrected chi connectivity index (χ0v) is 15.2. The van der Waals surface area contributed by atoms with Crippen LogP contribution in [0.1, 0.15) is 44.0 Å². The lowest BCUT2D eigenvalue weighted by molar-refractivity contribution is 0.176. The van der Waals surface area contributed by atoms with Crippen LogP contribution in [0.4, 0.5) is 0 Å². The SMILES string of the molecule is CNC(c1cc(Br)c(Br)s1)C1CCC(C)C(C)C1. The molecule has 1 aromatic rings. The van der Waals surface area contributed by atoms with Crippen LogP contribution in [-0.4, -0.2) is 7.05 Å². The van der Waals surface area contributed by atoms with Crippen LogP contribution in [0, 0.1) is 17.8 Å². The molecule has 1 aliphatic rings. The Hall–Kier alpha value is 0.620. The molecule has 4 heteroatoms. The Kier molecular flexibility index (Phi) is 5.32. The summed E-state index contributed by atoms with van der Waals surface area (Å²) >= 11 is 9.05. The predicted octanol–water partition coefficient (Wildman–Crippen LogP) is 5.61. The van der Waals surface area contributed by atoms with Gasteiger partial charge in [0.2, 0.25) is 0 Å². The van der Waals surface area contributed by atoms with Crippen molar-refractivity contribution in [2.75, 3.05) is 7.05 Å². The summed E-state index contributed by atoms with van der Waals surface area (Å²) in [6, 6.07) is 2.77. The number of hydrogen-bond acceptors (Lipinski definition) is 2. The van der Waals surface area contributed by atoms with Crippen molar-refractivity contribution in [3.63, 3.8) is 0 Å². The second kappa shape index (κ2) is 6.38. The van der Waals surface area contributed by atoms with E-state index >= 15 is 0 Å². The van der Waals surface area contributed by atoms with Crippen molar-refractivity contribution in [2.24, 2.45) is 17.8 Å². The van der Waals surface area contributed by atoms with Gasteiger partial charge in [0.1, 0.15) is 0 Å². The molecule has 0 saturated heterocycles. The fraction of sp³-hybridized carbons (Fsp3) is 0.714. The normalized spacial score (nSPS) is 30.4. The lowest BCUT2D eigenvalue weighted by Gasteiger charge is -2.36. The van der Waals surface area contributed by atoms with Crippen molar-refractivity contribution >= 4 is 43.2 Å². The summed E-state index contributed by atoms with van der Waals surface area (Å²) in [5.74, 6) is 2.52. The van der Waals surface area contributed by atoms with Gasteiger partial charge in [0.25, 0.3) is 0 Å². The maximum absolute atomic E-state index is 3.60. The topological polar surface area (TPSA) is 12.0 Å². The van der Waals surface area contributed by atoms with Gasteiger partial charge in [-0.3, -0.25) is 0 Å². The molecule has 2 rings (SSSR count). The van der Waals surface area contributed by atoms with Crippen LogP contribution in [0.25, 0.3) is 0 Å². The average Bonchev–Trinajstić information content (AvgIpc) is 2.65. The molecule has 0 bridgehead atoms. The smallest absolute Gasteiger partial charge is 0.0843 e. The quantitative estimate of drug-likeness (QED) is 0.702. The van der Waals surface area contributed by atoms with E-state index in [2.05, 4.69) is 64.1 Å². The number of nitrogens with one attached hydrogen (secondary N) is 1. The summed E-state index contributed by atoms with van der Waals surface area (Å²) < 4.78 is 2.38. The van der Waals surface area contributed by atoms with E-state index in [-0.39, 0.29) is 0 Å². The Morgan fingerprint density at radius 2 is 2.00 bits per heavy atom. The number of hydrogen-bond donors (Lipinski definition) is 1. The van der Waals surface area contributed by atoms with E-state index in [0.29, 0.717) is 6.04 Å². The minimum atomic E-state index is 0.507. The fourth-order valence-electron chi connectivity index (χ4n) is 3.02. The second-order valence-corrected chi connectivity index (χ2v) is 8.82. The van der Waals surface area contributed by atoms with Gasteiger partial charge in [0.15, 0.2) is 0 Å². The summed E-state index contributed by atoms with van der Waals surface area (Å²) in [6.07, 6.45) is 4.07. The molecule has 1 nitrogen and oxygen atoms in total. The molecule has 1 saturated carbocycles. The van der Waals surface area contributed by atoms with E-state index in [1.165, 1.54) is 32.4 Å². The molecule has 4 atom stereocenters. The molecule has 0 amide bonds. The Balaban J connectivity index is 2.13. The third kappa shape index (κ3) is 3.20. The highest BCUT2D eigenvalue weighted by Gasteiger charge is 2.31. The van der Waals surface area contributed by atoms with Crippen molar-refractivity contribution in [1.29, 1.82) is 0 Å². The molecule has 1 fully saturated rings. The number of halogens is 2. The molecule has 18 heavy (non-hydrogen) atoms. The van der Waals surface area contributed by atoms with Crippen molar-refractivity contribution in [3.8, 4) is 0 Å². The average molecular weight is 395 g/mol. The van der Waals surface area contributed by atoms with Crippen LogP contribution in [-0.2, 0) is 0 Å². The molecule has 0 aliphatic heterocycles. The summed E-state index contributed by atoms with van der Waals surface area (Å²) in [5, 5.41) is 3.53. The lowest BCUT2D eigenvalue weighted by Crippen LogP contribution is -2.31. The first-order chi connectivity index (χ1) is 8.52. The highest BCUT2D eigenvalue weighted by Crippen LogP contribution is 2.43. The number of thiophene rings is 1. The second-order valence-electron chi connectivity index (χ2n) is 5.56. The van der Waals surface area contributed by atoms with Gasteiger partial charge in [0.05, 0.1) is 3.79 Å². The van der Waals surface area contributed by atoms with Crippen molar-refractivity contribution in [1.82, 2.24) is 5.32 Å². The molecule has 1 aliphatic carbocycles. The summed E-state index contributed by atoms with van der Waals surface area (Å²) in [5.41, 5.74) is 0. The van der Waals surface area contributed by atoms with E-state index in [0.717, 1.165) is 17.8 Å². The van der Waals surface area contributed by atoms with Crippen LogP contribution in [0.3, 0.4) is 0 Å². The lowest BCUT2D eigenvalue weighted by atomic mass is 9.73. The first kappa shape index (κ1) is 15.0. The van der Waals surface area contributed by atoms with Gasteiger partial charge >= 0.3 is 0 Å². The first-order valence-electron chi connectivity index (χ1n) is 6.65. The molecule has 102 valence electrons. The Morgan fingerprint density at radius 1 is 1.28 bits per heavy atom. The minimum absolute atomic E-state index is 0.507. The molecule has 0 spiro atoms. The summed E-state index contributed by atoms with van der Waals surface area (Å²) in [4.78, 5) is 1.45. The van der Waals surface area contributed by atoms with Crippen molar-refractivity contribution < 1.29 is 0 Å².